The molecule has 180 valence electrons. The van der Waals surface area contributed by atoms with Gasteiger partial charge < -0.3 is 9.84 Å². The Morgan fingerprint density at radius 3 is 2.78 bits per heavy atom. The first-order valence-electron chi connectivity index (χ1n) is 11.5. The number of carbonyl (C=O) groups is 2. The van der Waals surface area contributed by atoms with E-state index in [1.54, 1.807) is 36.4 Å². The standard InChI is InChI=1S/C28H21ClN2O4S/c1-14-6-8-20-22(10-14)36-28(30-20)31-24(16-4-3-5-19(29)13-16)23(26(33)27(31)34)25(32)17-7-9-21-18(12-17)11-15(2)35-21/h3-10,12-13,15,24,32H,11H2,1-2H3. The van der Waals surface area contributed by atoms with E-state index in [0.717, 1.165) is 27.1 Å². The smallest absolute Gasteiger partial charge is 0.301 e. The van der Waals surface area contributed by atoms with Crippen molar-refractivity contribution in [3.8, 4) is 5.75 Å². The molecule has 2 atom stereocenters. The zero-order chi connectivity index (χ0) is 25.1. The molecular weight excluding hydrogens is 496 g/mol. The number of nitrogens with zero attached hydrogens (tertiary/aromatic N) is 2. The Morgan fingerprint density at radius 1 is 1.14 bits per heavy atom. The van der Waals surface area contributed by atoms with Gasteiger partial charge in [0.25, 0.3) is 5.78 Å². The van der Waals surface area contributed by atoms with Crippen molar-refractivity contribution in [3.63, 3.8) is 0 Å². The van der Waals surface area contributed by atoms with Crippen molar-refractivity contribution < 1.29 is 19.4 Å². The Balaban J connectivity index is 1.54. The zero-order valence-electron chi connectivity index (χ0n) is 19.5. The fraction of sp³-hybridized carbons (Fsp3) is 0.179. The monoisotopic (exact) mass is 516 g/mol. The molecule has 1 N–H and O–H groups in total. The number of anilines is 1. The number of halogens is 1. The first-order chi connectivity index (χ1) is 17.3. The maximum atomic E-state index is 13.4. The number of ether oxygens (including phenoxy) is 1. The van der Waals surface area contributed by atoms with E-state index in [1.807, 2.05) is 38.1 Å². The second kappa shape index (κ2) is 8.47. The van der Waals surface area contributed by atoms with E-state index < -0.39 is 17.7 Å². The summed E-state index contributed by atoms with van der Waals surface area (Å²) in [5, 5.41) is 12.3. The van der Waals surface area contributed by atoms with E-state index in [0.29, 0.717) is 27.7 Å². The van der Waals surface area contributed by atoms with Gasteiger partial charge in [0.2, 0.25) is 0 Å². The lowest BCUT2D eigenvalue weighted by Crippen LogP contribution is -2.29. The van der Waals surface area contributed by atoms with E-state index in [9.17, 15) is 14.7 Å². The molecule has 2 aliphatic heterocycles. The Labute approximate surface area is 216 Å². The molecule has 0 bridgehead atoms. The third-order valence-electron chi connectivity index (χ3n) is 6.52. The molecule has 0 saturated carbocycles. The second-order valence-electron chi connectivity index (χ2n) is 9.15. The summed E-state index contributed by atoms with van der Waals surface area (Å²) in [6.07, 6.45) is 0.741. The first kappa shape index (κ1) is 22.8. The molecule has 8 heteroatoms. The minimum Gasteiger partial charge on any atom is -0.507 e. The van der Waals surface area contributed by atoms with Crippen LogP contribution in [0.5, 0.6) is 5.75 Å². The molecule has 2 aliphatic rings. The normalized spacial score (nSPS) is 20.7. The maximum absolute atomic E-state index is 13.4. The molecule has 1 amide bonds. The highest BCUT2D eigenvalue weighted by molar-refractivity contribution is 7.22. The van der Waals surface area contributed by atoms with Crippen LogP contribution in [0.2, 0.25) is 5.02 Å². The van der Waals surface area contributed by atoms with Gasteiger partial charge in [-0.3, -0.25) is 14.5 Å². The van der Waals surface area contributed by atoms with Crippen molar-refractivity contribution in [2.75, 3.05) is 4.90 Å². The second-order valence-corrected chi connectivity index (χ2v) is 10.6. The number of carbonyl (C=O) groups excluding carboxylic acids is 2. The SMILES string of the molecule is Cc1ccc2nc(N3C(=O)C(=O)C(=C(O)c4ccc5c(c4)CC(C)O5)C3c3cccc(Cl)c3)sc2c1. The van der Waals surface area contributed by atoms with Crippen molar-refractivity contribution in [1.82, 2.24) is 4.98 Å². The summed E-state index contributed by atoms with van der Waals surface area (Å²) in [6.45, 7) is 3.96. The summed E-state index contributed by atoms with van der Waals surface area (Å²) >= 11 is 7.63. The Hall–Kier alpha value is -3.68. The van der Waals surface area contributed by atoms with Crippen LogP contribution in [0.15, 0.2) is 66.2 Å². The number of aliphatic hydroxyl groups excluding tert-OH is 1. The van der Waals surface area contributed by atoms with Crippen LogP contribution in [-0.4, -0.2) is 27.9 Å². The highest BCUT2D eigenvalue weighted by Crippen LogP contribution is 2.45. The molecule has 2 unspecified atom stereocenters. The van der Waals surface area contributed by atoms with Gasteiger partial charge in [0.05, 0.1) is 21.8 Å². The highest BCUT2D eigenvalue weighted by atomic mass is 35.5. The van der Waals surface area contributed by atoms with Crippen LogP contribution in [0.3, 0.4) is 0 Å². The van der Waals surface area contributed by atoms with Gasteiger partial charge in [-0.1, -0.05) is 41.1 Å². The summed E-state index contributed by atoms with van der Waals surface area (Å²) < 4.78 is 6.68. The predicted octanol–water partition coefficient (Wildman–Crippen LogP) is 6.21. The van der Waals surface area contributed by atoms with Gasteiger partial charge in [0.15, 0.2) is 5.13 Å². The zero-order valence-corrected chi connectivity index (χ0v) is 21.1. The number of hydrogen-bond acceptors (Lipinski definition) is 6. The van der Waals surface area contributed by atoms with Crippen molar-refractivity contribution >= 4 is 55.7 Å². The lowest BCUT2D eigenvalue weighted by molar-refractivity contribution is -0.132. The lowest BCUT2D eigenvalue weighted by Gasteiger charge is -2.23. The number of rotatable bonds is 3. The Kier molecular flexibility index (Phi) is 5.35. The van der Waals surface area contributed by atoms with Gasteiger partial charge in [-0.05, 0) is 73.0 Å². The molecule has 36 heavy (non-hydrogen) atoms. The summed E-state index contributed by atoms with van der Waals surface area (Å²) in [4.78, 5) is 32.9. The maximum Gasteiger partial charge on any atom is 0.301 e. The van der Waals surface area contributed by atoms with Crippen LogP contribution in [0.4, 0.5) is 5.13 Å². The molecule has 0 spiro atoms. The number of aliphatic hydroxyl groups is 1. The van der Waals surface area contributed by atoms with Crippen LogP contribution in [0.1, 0.15) is 35.2 Å². The molecule has 1 saturated heterocycles. The van der Waals surface area contributed by atoms with Crippen LogP contribution >= 0.6 is 22.9 Å². The third kappa shape index (κ3) is 3.67. The summed E-state index contributed by atoms with van der Waals surface area (Å²) in [7, 11) is 0. The number of amides is 1. The topological polar surface area (TPSA) is 79.7 Å². The van der Waals surface area contributed by atoms with Crippen LogP contribution in [-0.2, 0) is 16.0 Å². The molecule has 6 nitrogen and oxygen atoms in total. The summed E-state index contributed by atoms with van der Waals surface area (Å²) in [5.74, 6) is -0.982. The summed E-state index contributed by atoms with van der Waals surface area (Å²) in [5.41, 5.74) is 3.82. The Morgan fingerprint density at radius 2 is 1.97 bits per heavy atom. The van der Waals surface area contributed by atoms with E-state index >= 15 is 0 Å². The molecule has 0 aliphatic carbocycles. The number of ketones is 1. The highest BCUT2D eigenvalue weighted by Gasteiger charge is 2.48. The molecule has 0 radical (unpaired) electrons. The largest absolute Gasteiger partial charge is 0.507 e. The van der Waals surface area contributed by atoms with Crippen molar-refractivity contribution in [2.45, 2.75) is 32.4 Å². The fourth-order valence-corrected chi connectivity index (χ4v) is 6.16. The summed E-state index contributed by atoms with van der Waals surface area (Å²) in [6, 6.07) is 17.2. The molecule has 6 rings (SSSR count). The van der Waals surface area contributed by atoms with Gasteiger partial charge in [0.1, 0.15) is 17.6 Å². The number of thiazole rings is 1. The van der Waals surface area contributed by atoms with E-state index in [4.69, 9.17) is 16.3 Å². The number of benzene rings is 3. The minimum atomic E-state index is -0.881. The Bertz CT molecular complexity index is 1610. The van der Waals surface area contributed by atoms with Crippen molar-refractivity contribution in [2.24, 2.45) is 0 Å². The number of fused-ring (bicyclic) bond motifs is 2. The lowest BCUT2D eigenvalue weighted by atomic mass is 9.94. The number of aryl methyl sites for hydroxylation is 1. The van der Waals surface area contributed by atoms with Crippen molar-refractivity contribution in [3.05, 3.63) is 93.5 Å². The fourth-order valence-electron chi connectivity index (χ4n) is 4.87. The number of hydrogen-bond donors (Lipinski definition) is 1. The minimum absolute atomic E-state index is 0.00428. The molecule has 4 aromatic rings. The average molecular weight is 517 g/mol. The van der Waals surface area contributed by atoms with E-state index in [1.165, 1.54) is 16.2 Å². The van der Waals surface area contributed by atoms with Gasteiger partial charge in [-0.15, -0.1) is 0 Å². The van der Waals surface area contributed by atoms with Crippen LogP contribution in [0, 0.1) is 6.92 Å². The van der Waals surface area contributed by atoms with Crippen molar-refractivity contribution in [1.29, 1.82) is 0 Å². The van der Waals surface area contributed by atoms with Crippen LogP contribution in [0.25, 0.3) is 16.0 Å². The molecule has 3 heterocycles. The average Bonchev–Trinajstić information content (AvgIpc) is 3.50. The predicted molar refractivity (Wildman–Crippen MR) is 141 cm³/mol. The molecular formula is C28H21ClN2O4S. The van der Waals surface area contributed by atoms with Gasteiger partial charge in [0, 0.05) is 17.0 Å². The van der Waals surface area contributed by atoms with E-state index in [2.05, 4.69) is 4.98 Å². The number of Topliss-reactive ketones (excluding diaryl/α,β-unsaturated/α-hetero) is 1. The molecule has 1 aromatic heterocycles. The molecule has 3 aromatic carbocycles. The first-order valence-corrected chi connectivity index (χ1v) is 12.7. The van der Waals surface area contributed by atoms with Crippen LogP contribution < -0.4 is 9.64 Å². The van der Waals surface area contributed by atoms with E-state index in [-0.39, 0.29) is 17.4 Å². The quantitative estimate of drug-likeness (QED) is 0.199. The van der Waals surface area contributed by atoms with Gasteiger partial charge in [-0.2, -0.15) is 0 Å². The number of aromatic nitrogens is 1. The van der Waals surface area contributed by atoms with Gasteiger partial charge >= 0.3 is 5.91 Å². The third-order valence-corrected chi connectivity index (χ3v) is 7.77. The van der Waals surface area contributed by atoms with Gasteiger partial charge in [-0.25, -0.2) is 4.98 Å². The molecule has 1 fully saturated rings.